The van der Waals surface area contributed by atoms with E-state index >= 15 is 0 Å². The van der Waals surface area contributed by atoms with Gasteiger partial charge in [0.15, 0.2) is 0 Å². The standard InChI is InChI=1S/C12H14FNO3/c1-8(14-15)11-6-9(13)2-3-12(11)17-10-4-5-16-7-10/h2-3,6,10,15H,4-5,7H2,1H3. The summed E-state index contributed by atoms with van der Waals surface area (Å²) in [4.78, 5) is 0. The van der Waals surface area contributed by atoms with Crippen molar-refractivity contribution < 1.29 is 19.1 Å². The molecule has 1 heterocycles. The molecule has 2 rings (SSSR count). The van der Waals surface area contributed by atoms with Gasteiger partial charge in [-0.2, -0.15) is 0 Å². The Bertz CT molecular complexity index is 428. The lowest BCUT2D eigenvalue weighted by molar-refractivity contribution is 0.141. The lowest BCUT2D eigenvalue weighted by Gasteiger charge is -2.15. The minimum absolute atomic E-state index is 0.0225. The third kappa shape index (κ3) is 2.74. The van der Waals surface area contributed by atoms with Crippen molar-refractivity contribution in [2.24, 2.45) is 5.16 Å². The summed E-state index contributed by atoms with van der Waals surface area (Å²) in [5.41, 5.74) is 0.776. The van der Waals surface area contributed by atoms with Crippen LogP contribution in [-0.2, 0) is 4.74 Å². The van der Waals surface area contributed by atoms with E-state index in [-0.39, 0.29) is 6.10 Å². The Labute approximate surface area is 98.7 Å². The maximum atomic E-state index is 13.1. The van der Waals surface area contributed by atoms with Gasteiger partial charge in [-0.15, -0.1) is 0 Å². The van der Waals surface area contributed by atoms with Crippen LogP contribution in [0.15, 0.2) is 23.4 Å². The highest BCUT2D eigenvalue weighted by Crippen LogP contribution is 2.23. The number of ether oxygens (including phenoxy) is 2. The van der Waals surface area contributed by atoms with Crippen molar-refractivity contribution in [1.29, 1.82) is 0 Å². The van der Waals surface area contributed by atoms with Gasteiger partial charge in [0.1, 0.15) is 17.7 Å². The molecular formula is C12H14FNO3. The van der Waals surface area contributed by atoms with E-state index < -0.39 is 5.82 Å². The van der Waals surface area contributed by atoms with E-state index in [1.54, 1.807) is 6.92 Å². The van der Waals surface area contributed by atoms with Gasteiger partial charge in [0.2, 0.25) is 0 Å². The molecule has 1 unspecified atom stereocenters. The molecule has 1 aromatic rings. The third-order valence-electron chi connectivity index (χ3n) is 2.66. The molecule has 1 N–H and O–H groups in total. The lowest BCUT2D eigenvalue weighted by Crippen LogP contribution is -2.17. The number of benzene rings is 1. The van der Waals surface area contributed by atoms with Crippen LogP contribution in [-0.4, -0.2) is 30.2 Å². The first kappa shape index (κ1) is 11.9. The van der Waals surface area contributed by atoms with Crippen molar-refractivity contribution in [2.45, 2.75) is 19.4 Å². The Hall–Kier alpha value is -1.62. The van der Waals surface area contributed by atoms with Crippen molar-refractivity contribution in [3.8, 4) is 5.75 Å². The molecule has 0 amide bonds. The van der Waals surface area contributed by atoms with E-state index in [1.807, 2.05) is 0 Å². The molecule has 1 aliphatic rings. The Balaban J connectivity index is 2.25. The molecule has 1 atom stereocenters. The third-order valence-corrected chi connectivity index (χ3v) is 2.66. The Kier molecular flexibility index (Phi) is 3.58. The average molecular weight is 239 g/mol. The van der Waals surface area contributed by atoms with Crippen molar-refractivity contribution in [1.82, 2.24) is 0 Å². The number of nitrogens with zero attached hydrogens (tertiary/aromatic N) is 1. The molecule has 1 aliphatic heterocycles. The van der Waals surface area contributed by atoms with E-state index in [0.717, 1.165) is 6.42 Å². The number of hydrogen-bond donors (Lipinski definition) is 1. The maximum Gasteiger partial charge on any atom is 0.129 e. The molecule has 4 nitrogen and oxygen atoms in total. The zero-order chi connectivity index (χ0) is 12.3. The summed E-state index contributed by atoms with van der Waals surface area (Å²) in [5.74, 6) is 0.121. The van der Waals surface area contributed by atoms with Crippen LogP contribution >= 0.6 is 0 Å². The van der Waals surface area contributed by atoms with Gasteiger partial charge in [-0.3, -0.25) is 0 Å². The lowest BCUT2D eigenvalue weighted by atomic mass is 10.1. The molecule has 1 saturated heterocycles. The summed E-state index contributed by atoms with van der Waals surface area (Å²) in [7, 11) is 0. The van der Waals surface area contributed by atoms with Gasteiger partial charge < -0.3 is 14.7 Å². The molecule has 0 aromatic heterocycles. The van der Waals surface area contributed by atoms with Crippen molar-refractivity contribution >= 4 is 5.71 Å². The van der Waals surface area contributed by atoms with Crippen molar-refractivity contribution in [2.75, 3.05) is 13.2 Å². The van der Waals surface area contributed by atoms with Crippen molar-refractivity contribution in [3.05, 3.63) is 29.6 Å². The average Bonchev–Trinajstić information content (AvgIpc) is 2.83. The largest absolute Gasteiger partial charge is 0.487 e. The van der Waals surface area contributed by atoms with Crippen molar-refractivity contribution in [3.63, 3.8) is 0 Å². The number of halogens is 1. The van der Waals surface area contributed by atoms with Crippen LogP contribution in [0.2, 0.25) is 0 Å². The summed E-state index contributed by atoms with van der Waals surface area (Å²) in [6.45, 7) is 2.80. The van der Waals surface area contributed by atoms with Crippen LogP contribution in [0.3, 0.4) is 0 Å². The minimum Gasteiger partial charge on any atom is -0.487 e. The molecule has 1 fully saturated rings. The molecule has 17 heavy (non-hydrogen) atoms. The van der Waals surface area contributed by atoms with Gasteiger partial charge in [-0.25, -0.2) is 4.39 Å². The fraction of sp³-hybridized carbons (Fsp3) is 0.417. The Morgan fingerprint density at radius 3 is 3.06 bits per heavy atom. The Morgan fingerprint density at radius 2 is 2.41 bits per heavy atom. The highest BCUT2D eigenvalue weighted by atomic mass is 19.1. The van der Waals surface area contributed by atoms with Gasteiger partial charge in [0, 0.05) is 12.0 Å². The van der Waals surface area contributed by atoms with E-state index in [1.165, 1.54) is 18.2 Å². The second-order valence-electron chi connectivity index (χ2n) is 3.93. The molecule has 5 heteroatoms. The molecule has 1 aromatic carbocycles. The second-order valence-corrected chi connectivity index (χ2v) is 3.93. The van der Waals surface area contributed by atoms with E-state index in [4.69, 9.17) is 14.7 Å². The molecule has 0 radical (unpaired) electrons. The van der Waals surface area contributed by atoms with E-state index in [2.05, 4.69) is 5.16 Å². The molecule has 92 valence electrons. The van der Waals surface area contributed by atoms with Gasteiger partial charge in [-0.1, -0.05) is 5.16 Å². The minimum atomic E-state index is -0.391. The fourth-order valence-corrected chi connectivity index (χ4v) is 1.73. The quantitative estimate of drug-likeness (QED) is 0.499. The zero-order valence-electron chi connectivity index (χ0n) is 9.52. The number of rotatable bonds is 3. The first-order valence-corrected chi connectivity index (χ1v) is 5.43. The fourth-order valence-electron chi connectivity index (χ4n) is 1.73. The number of hydrogen-bond acceptors (Lipinski definition) is 4. The van der Waals surface area contributed by atoms with Gasteiger partial charge in [0.05, 0.1) is 18.9 Å². The summed E-state index contributed by atoms with van der Waals surface area (Å²) in [5, 5.41) is 11.8. The van der Waals surface area contributed by atoms with Crippen LogP contribution in [0.1, 0.15) is 18.9 Å². The highest BCUT2D eigenvalue weighted by Gasteiger charge is 2.19. The normalized spacial score (nSPS) is 20.6. The van der Waals surface area contributed by atoms with Crippen LogP contribution in [0, 0.1) is 5.82 Å². The molecule has 0 saturated carbocycles. The van der Waals surface area contributed by atoms with Gasteiger partial charge in [0.25, 0.3) is 0 Å². The van der Waals surface area contributed by atoms with Crippen LogP contribution in [0.25, 0.3) is 0 Å². The number of oxime groups is 1. The monoisotopic (exact) mass is 239 g/mol. The van der Waals surface area contributed by atoms with E-state index in [0.29, 0.717) is 30.2 Å². The molecule has 0 spiro atoms. The van der Waals surface area contributed by atoms with Crippen LogP contribution < -0.4 is 4.74 Å². The summed E-state index contributed by atoms with van der Waals surface area (Å²) in [6.07, 6.45) is 0.789. The predicted octanol–water partition coefficient (Wildman–Crippen LogP) is 2.19. The summed E-state index contributed by atoms with van der Waals surface area (Å²) in [6, 6.07) is 4.15. The first-order valence-electron chi connectivity index (χ1n) is 5.43. The predicted molar refractivity (Wildman–Crippen MR) is 60.2 cm³/mol. The van der Waals surface area contributed by atoms with Crippen LogP contribution in [0.5, 0.6) is 5.75 Å². The molecular weight excluding hydrogens is 225 g/mol. The molecule has 0 aliphatic carbocycles. The molecule has 0 bridgehead atoms. The highest BCUT2D eigenvalue weighted by molar-refractivity contribution is 6.00. The first-order chi connectivity index (χ1) is 8.20. The second kappa shape index (κ2) is 5.14. The topological polar surface area (TPSA) is 51.1 Å². The van der Waals surface area contributed by atoms with Crippen LogP contribution in [0.4, 0.5) is 4.39 Å². The Morgan fingerprint density at radius 1 is 1.59 bits per heavy atom. The summed E-state index contributed by atoms with van der Waals surface area (Å²) < 4.78 is 24.0. The summed E-state index contributed by atoms with van der Waals surface area (Å²) >= 11 is 0. The van der Waals surface area contributed by atoms with Gasteiger partial charge in [-0.05, 0) is 25.1 Å². The maximum absolute atomic E-state index is 13.1. The van der Waals surface area contributed by atoms with Gasteiger partial charge >= 0.3 is 0 Å². The SMILES string of the molecule is CC(=NO)c1cc(F)ccc1OC1CCOC1. The van der Waals surface area contributed by atoms with E-state index in [9.17, 15) is 4.39 Å². The smallest absolute Gasteiger partial charge is 0.129 e. The zero-order valence-corrected chi connectivity index (χ0v) is 9.52.